The number of aryl methyl sites for hydroxylation is 1. The van der Waals surface area contributed by atoms with E-state index in [0.717, 1.165) is 17.1 Å². The van der Waals surface area contributed by atoms with Crippen molar-refractivity contribution in [2.24, 2.45) is 0 Å². The monoisotopic (exact) mass is 432 g/mol. The van der Waals surface area contributed by atoms with Gasteiger partial charge in [-0.15, -0.1) is 0 Å². The highest BCUT2D eigenvalue weighted by Crippen LogP contribution is 2.20. The molecule has 0 N–H and O–H groups in total. The van der Waals surface area contributed by atoms with Crippen LogP contribution in [0.1, 0.15) is 38.9 Å². The molecule has 0 bridgehead atoms. The lowest BCUT2D eigenvalue weighted by atomic mass is 10.1. The molecule has 0 atom stereocenters. The van der Waals surface area contributed by atoms with E-state index in [2.05, 4.69) is 5.10 Å². The molecule has 1 aliphatic heterocycles. The predicted molar refractivity (Wildman–Crippen MR) is 122 cm³/mol. The van der Waals surface area contributed by atoms with Crippen molar-refractivity contribution < 1.29 is 14.3 Å². The first-order valence-corrected chi connectivity index (χ1v) is 10.9. The molecule has 3 aromatic rings. The molecule has 166 valence electrons. The highest BCUT2D eigenvalue weighted by atomic mass is 16.5. The van der Waals surface area contributed by atoms with E-state index < -0.39 is 0 Å². The van der Waals surface area contributed by atoms with Crippen LogP contribution in [0.4, 0.5) is 0 Å². The second-order valence-corrected chi connectivity index (χ2v) is 7.92. The topological polar surface area (TPSA) is 67.7 Å². The molecule has 0 unspecified atom stereocenters. The van der Waals surface area contributed by atoms with Gasteiger partial charge in [-0.25, -0.2) is 4.68 Å². The lowest BCUT2D eigenvalue weighted by molar-refractivity contribution is 0.0535. The zero-order valence-electron chi connectivity index (χ0n) is 18.7. The summed E-state index contributed by atoms with van der Waals surface area (Å²) in [6.45, 7) is 6.08. The number of ether oxygens (including phenoxy) is 1. The first-order valence-electron chi connectivity index (χ1n) is 10.9. The van der Waals surface area contributed by atoms with Gasteiger partial charge in [0.2, 0.25) is 0 Å². The lowest BCUT2D eigenvalue weighted by Crippen LogP contribution is -2.50. The molecular weight excluding hydrogens is 404 g/mol. The van der Waals surface area contributed by atoms with Crippen molar-refractivity contribution in [2.75, 3.05) is 33.3 Å². The van der Waals surface area contributed by atoms with Crippen LogP contribution < -0.4 is 4.74 Å². The molecule has 2 heterocycles. The number of amides is 2. The zero-order valence-corrected chi connectivity index (χ0v) is 18.7. The Morgan fingerprint density at radius 3 is 2.06 bits per heavy atom. The van der Waals surface area contributed by atoms with Gasteiger partial charge in [0.15, 0.2) is 0 Å². The molecule has 1 aromatic heterocycles. The number of hydrogen-bond acceptors (Lipinski definition) is 4. The maximum absolute atomic E-state index is 13.3. The van der Waals surface area contributed by atoms with Crippen LogP contribution in [0.3, 0.4) is 0 Å². The van der Waals surface area contributed by atoms with Gasteiger partial charge in [0.25, 0.3) is 11.8 Å². The molecule has 1 aliphatic rings. The van der Waals surface area contributed by atoms with Crippen LogP contribution in [0, 0.1) is 6.92 Å². The van der Waals surface area contributed by atoms with Crippen molar-refractivity contribution in [2.45, 2.75) is 20.3 Å². The lowest BCUT2D eigenvalue weighted by Gasteiger charge is -2.34. The third-order valence-electron chi connectivity index (χ3n) is 5.90. The number of piperazine rings is 1. The van der Waals surface area contributed by atoms with Crippen LogP contribution in [-0.4, -0.2) is 64.7 Å². The van der Waals surface area contributed by atoms with Crippen LogP contribution >= 0.6 is 0 Å². The predicted octanol–water partition coefficient (Wildman–Crippen LogP) is 3.35. The molecule has 7 nitrogen and oxygen atoms in total. The minimum atomic E-state index is -0.0308. The van der Waals surface area contributed by atoms with E-state index in [1.807, 2.05) is 47.7 Å². The average molecular weight is 433 g/mol. The van der Waals surface area contributed by atoms with Crippen LogP contribution in [0.15, 0.2) is 54.7 Å². The van der Waals surface area contributed by atoms with Crippen molar-refractivity contribution in [3.05, 3.63) is 77.1 Å². The summed E-state index contributed by atoms with van der Waals surface area (Å²) in [6.07, 6.45) is 2.36. The summed E-state index contributed by atoms with van der Waals surface area (Å²) in [4.78, 5) is 29.7. The van der Waals surface area contributed by atoms with Gasteiger partial charge < -0.3 is 14.5 Å². The van der Waals surface area contributed by atoms with Gasteiger partial charge in [0.1, 0.15) is 5.75 Å². The summed E-state index contributed by atoms with van der Waals surface area (Å²) < 4.78 is 7.00. The highest BCUT2D eigenvalue weighted by Gasteiger charge is 2.28. The van der Waals surface area contributed by atoms with Crippen molar-refractivity contribution in [1.29, 1.82) is 0 Å². The van der Waals surface area contributed by atoms with Crippen LogP contribution in [0.2, 0.25) is 0 Å². The summed E-state index contributed by atoms with van der Waals surface area (Å²) in [6, 6.07) is 15.2. The average Bonchev–Trinajstić information content (AvgIpc) is 3.28. The molecule has 1 fully saturated rings. The van der Waals surface area contributed by atoms with Crippen molar-refractivity contribution in [3.8, 4) is 11.4 Å². The fourth-order valence-corrected chi connectivity index (χ4v) is 4.00. The van der Waals surface area contributed by atoms with E-state index >= 15 is 0 Å². The first-order chi connectivity index (χ1) is 15.5. The number of rotatable bonds is 5. The third-order valence-corrected chi connectivity index (χ3v) is 5.90. The first kappa shape index (κ1) is 21.6. The molecule has 1 saturated heterocycles. The summed E-state index contributed by atoms with van der Waals surface area (Å²) in [7, 11) is 1.60. The molecule has 7 heteroatoms. The number of benzene rings is 2. The Morgan fingerprint density at radius 1 is 0.906 bits per heavy atom. The number of hydrogen-bond donors (Lipinski definition) is 0. The molecule has 0 aliphatic carbocycles. The van der Waals surface area contributed by atoms with Crippen LogP contribution in [0.5, 0.6) is 5.75 Å². The number of aromatic nitrogens is 2. The smallest absolute Gasteiger partial charge is 0.257 e. The Morgan fingerprint density at radius 2 is 1.50 bits per heavy atom. The van der Waals surface area contributed by atoms with E-state index in [0.29, 0.717) is 43.7 Å². The molecule has 2 aromatic carbocycles. The van der Waals surface area contributed by atoms with Gasteiger partial charge in [-0.2, -0.15) is 5.10 Å². The molecule has 0 radical (unpaired) electrons. The van der Waals surface area contributed by atoms with Gasteiger partial charge >= 0.3 is 0 Å². The summed E-state index contributed by atoms with van der Waals surface area (Å²) in [5.74, 6) is 0.660. The fourth-order valence-electron chi connectivity index (χ4n) is 4.00. The SMILES string of the molecule is CCc1c(C(=O)N2CCN(C(=O)c3ccc(OC)cc3)CC2)cnn1-c1ccc(C)cc1. The zero-order chi connectivity index (χ0) is 22.7. The Labute approximate surface area is 188 Å². The van der Waals surface area contributed by atoms with Gasteiger partial charge in [-0.3, -0.25) is 9.59 Å². The molecule has 0 saturated carbocycles. The Kier molecular flexibility index (Phi) is 6.25. The van der Waals surface area contributed by atoms with Crippen molar-refractivity contribution in [1.82, 2.24) is 19.6 Å². The normalized spacial score (nSPS) is 13.8. The maximum Gasteiger partial charge on any atom is 0.257 e. The van der Waals surface area contributed by atoms with E-state index in [1.165, 1.54) is 5.56 Å². The third kappa shape index (κ3) is 4.23. The maximum atomic E-state index is 13.3. The number of methoxy groups -OCH3 is 1. The van der Waals surface area contributed by atoms with E-state index in [4.69, 9.17) is 4.74 Å². The second-order valence-electron chi connectivity index (χ2n) is 7.92. The quantitative estimate of drug-likeness (QED) is 0.620. The standard InChI is InChI=1S/C25H28N4O3/c1-4-23-22(17-26-29(23)20-9-5-18(2)6-10-20)25(31)28-15-13-27(14-16-28)24(30)19-7-11-21(32-3)12-8-19/h5-12,17H,4,13-16H2,1-3H3. The minimum absolute atomic E-state index is 0.0267. The molecule has 2 amide bonds. The number of carbonyl (C=O) groups excluding carboxylic acids is 2. The van der Waals surface area contributed by atoms with Crippen LogP contribution in [-0.2, 0) is 6.42 Å². The largest absolute Gasteiger partial charge is 0.497 e. The van der Waals surface area contributed by atoms with E-state index in [1.54, 1.807) is 42.5 Å². The van der Waals surface area contributed by atoms with Gasteiger partial charge in [-0.05, 0) is 49.7 Å². The van der Waals surface area contributed by atoms with E-state index in [9.17, 15) is 9.59 Å². The molecule has 0 spiro atoms. The summed E-state index contributed by atoms with van der Waals surface area (Å²) in [5, 5.41) is 4.49. The Hall–Kier alpha value is -3.61. The molecular formula is C25H28N4O3. The van der Waals surface area contributed by atoms with Crippen LogP contribution in [0.25, 0.3) is 5.69 Å². The minimum Gasteiger partial charge on any atom is -0.497 e. The second kappa shape index (κ2) is 9.26. The van der Waals surface area contributed by atoms with Gasteiger partial charge in [0, 0.05) is 31.7 Å². The summed E-state index contributed by atoms with van der Waals surface area (Å²) in [5.41, 5.74) is 4.27. The molecule has 4 rings (SSSR count). The fraction of sp³-hybridized carbons (Fsp3) is 0.320. The number of nitrogens with zero attached hydrogens (tertiary/aromatic N) is 4. The van der Waals surface area contributed by atoms with Crippen molar-refractivity contribution >= 4 is 11.8 Å². The van der Waals surface area contributed by atoms with Gasteiger partial charge in [-0.1, -0.05) is 24.6 Å². The number of carbonyl (C=O) groups is 2. The summed E-state index contributed by atoms with van der Waals surface area (Å²) >= 11 is 0. The van der Waals surface area contributed by atoms with E-state index in [-0.39, 0.29) is 11.8 Å². The van der Waals surface area contributed by atoms with Gasteiger partial charge in [0.05, 0.1) is 30.3 Å². The highest BCUT2D eigenvalue weighted by molar-refractivity contribution is 5.96. The Balaban J connectivity index is 1.44. The molecule has 32 heavy (non-hydrogen) atoms. The Bertz CT molecular complexity index is 1100. The van der Waals surface area contributed by atoms with Crippen molar-refractivity contribution in [3.63, 3.8) is 0 Å².